The fourth-order valence-corrected chi connectivity index (χ4v) is 2.92. The second-order valence-electron chi connectivity index (χ2n) is 4.00. The normalized spacial score (nSPS) is 10.6. The Hall–Kier alpha value is -0.740. The fraction of sp³-hybridized carbons (Fsp3) is 0.231. The third kappa shape index (κ3) is 3.13. The molecule has 0 bridgehead atoms. The van der Waals surface area contributed by atoms with E-state index >= 15 is 0 Å². The summed E-state index contributed by atoms with van der Waals surface area (Å²) in [6.07, 6.45) is 0. The van der Waals surface area contributed by atoms with Crippen LogP contribution in [0.3, 0.4) is 0 Å². The Labute approximate surface area is 118 Å². The van der Waals surface area contributed by atoms with Crippen LogP contribution in [0.2, 0.25) is 0 Å². The van der Waals surface area contributed by atoms with Gasteiger partial charge in [0, 0.05) is 4.47 Å². The van der Waals surface area contributed by atoms with Gasteiger partial charge in [-0.05, 0) is 75.0 Å². The molecule has 0 aliphatic rings. The van der Waals surface area contributed by atoms with Gasteiger partial charge < -0.3 is 9.73 Å². The molecule has 0 saturated carbocycles. The molecule has 2 rings (SSSR count). The van der Waals surface area contributed by atoms with Gasteiger partial charge in [0.05, 0.1) is 12.2 Å². The number of hydrogen-bond donors (Lipinski definition) is 1. The van der Waals surface area contributed by atoms with Crippen LogP contribution in [0.1, 0.15) is 16.9 Å². The minimum absolute atomic E-state index is 0.675. The maximum Gasteiger partial charge on any atom is 0.169 e. The first-order valence-corrected chi connectivity index (χ1v) is 6.89. The van der Waals surface area contributed by atoms with Crippen LogP contribution in [0.15, 0.2) is 37.8 Å². The molecule has 1 aromatic heterocycles. The van der Waals surface area contributed by atoms with Gasteiger partial charge in [-0.15, -0.1) is 0 Å². The molecule has 0 amide bonds. The topological polar surface area (TPSA) is 25.2 Å². The minimum atomic E-state index is 0.675. The zero-order valence-corrected chi connectivity index (χ0v) is 12.9. The third-order valence-electron chi connectivity index (χ3n) is 2.50. The van der Waals surface area contributed by atoms with Crippen molar-refractivity contribution in [2.75, 3.05) is 5.32 Å². The summed E-state index contributed by atoms with van der Waals surface area (Å²) in [6.45, 7) is 4.86. The van der Waals surface area contributed by atoms with Gasteiger partial charge in [-0.25, -0.2) is 0 Å². The lowest BCUT2D eigenvalue weighted by atomic mass is 10.1. The first-order chi connectivity index (χ1) is 8.06. The van der Waals surface area contributed by atoms with Gasteiger partial charge >= 0.3 is 0 Å². The number of hydrogen-bond acceptors (Lipinski definition) is 2. The lowest BCUT2D eigenvalue weighted by Gasteiger charge is -2.11. The molecule has 2 aromatic rings. The highest BCUT2D eigenvalue weighted by Crippen LogP contribution is 2.28. The van der Waals surface area contributed by atoms with Crippen molar-refractivity contribution in [2.24, 2.45) is 0 Å². The molecule has 1 N–H and O–H groups in total. The van der Waals surface area contributed by atoms with Crippen molar-refractivity contribution in [3.63, 3.8) is 0 Å². The van der Waals surface area contributed by atoms with Crippen LogP contribution >= 0.6 is 31.9 Å². The predicted octanol–water partition coefficient (Wildman–Crippen LogP) is 5.03. The van der Waals surface area contributed by atoms with Crippen LogP contribution in [-0.2, 0) is 6.54 Å². The molecule has 1 aromatic carbocycles. The molecule has 2 nitrogen and oxygen atoms in total. The predicted molar refractivity (Wildman–Crippen MR) is 77.4 cm³/mol. The zero-order valence-electron chi connectivity index (χ0n) is 9.68. The van der Waals surface area contributed by atoms with E-state index in [0.29, 0.717) is 6.54 Å². The smallest absolute Gasteiger partial charge is 0.169 e. The summed E-state index contributed by atoms with van der Waals surface area (Å²) in [5, 5.41) is 3.38. The number of anilines is 1. The van der Waals surface area contributed by atoms with E-state index in [2.05, 4.69) is 63.2 Å². The molecule has 0 fully saturated rings. The molecule has 17 heavy (non-hydrogen) atoms. The SMILES string of the molecule is Cc1cc(C)c(NCc2ccc(Br)o2)c(Br)c1. The van der Waals surface area contributed by atoms with Crippen LogP contribution in [0.5, 0.6) is 0 Å². The molecule has 90 valence electrons. The average molecular weight is 359 g/mol. The van der Waals surface area contributed by atoms with E-state index in [-0.39, 0.29) is 0 Å². The van der Waals surface area contributed by atoms with Crippen LogP contribution in [0.4, 0.5) is 5.69 Å². The molecule has 0 saturated heterocycles. The fourth-order valence-electron chi connectivity index (χ4n) is 1.76. The summed E-state index contributed by atoms with van der Waals surface area (Å²) in [6, 6.07) is 8.11. The summed E-state index contributed by atoms with van der Waals surface area (Å²) in [7, 11) is 0. The van der Waals surface area contributed by atoms with Gasteiger partial charge in [0.25, 0.3) is 0 Å². The van der Waals surface area contributed by atoms with Crippen molar-refractivity contribution >= 4 is 37.5 Å². The van der Waals surface area contributed by atoms with Crippen molar-refractivity contribution in [3.8, 4) is 0 Å². The zero-order chi connectivity index (χ0) is 12.4. The van der Waals surface area contributed by atoms with E-state index in [1.54, 1.807) is 0 Å². The molecule has 0 unspecified atom stereocenters. The molecular weight excluding hydrogens is 346 g/mol. The standard InChI is InChI=1S/C13H13Br2NO/c1-8-5-9(2)13(11(14)6-8)16-7-10-3-4-12(15)17-10/h3-6,16H,7H2,1-2H3. The molecular formula is C13H13Br2NO. The van der Waals surface area contributed by atoms with E-state index in [1.807, 2.05) is 12.1 Å². The number of rotatable bonds is 3. The summed E-state index contributed by atoms with van der Waals surface area (Å²) >= 11 is 6.87. The Bertz CT molecular complexity index is 511. The Morgan fingerprint density at radius 3 is 2.53 bits per heavy atom. The van der Waals surface area contributed by atoms with E-state index < -0.39 is 0 Å². The maximum atomic E-state index is 5.45. The Morgan fingerprint density at radius 1 is 1.18 bits per heavy atom. The maximum absolute atomic E-state index is 5.45. The lowest BCUT2D eigenvalue weighted by Crippen LogP contribution is -2.01. The molecule has 0 radical (unpaired) electrons. The second-order valence-corrected chi connectivity index (χ2v) is 5.63. The van der Waals surface area contributed by atoms with Gasteiger partial charge in [0.1, 0.15) is 5.76 Å². The molecule has 4 heteroatoms. The third-order valence-corrected chi connectivity index (χ3v) is 3.55. The van der Waals surface area contributed by atoms with Crippen LogP contribution in [0.25, 0.3) is 0 Å². The highest BCUT2D eigenvalue weighted by Gasteiger charge is 2.06. The Morgan fingerprint density at radius 2 is 1.94 bits per heavy atom. The highest BCUT2D eigenvalue weighted by atomic mass is 79.9. The summed E-state index contributed by atoms with van der Waals surface area (Å²) in [4.78, 5) is 0. The van der Waals surface area contributed by atoms with Gasteiger partial charge in [0.15, 0.2) is 4.67 Å². The van der Waals surface area contributed by atoms with Crippen LogP contribution in [0, 0.1) is 13.8 Å². The lowest BCUT2D eigenvalue weighted by molar-refractivity contribution is 0.495. The van der Waals surface area contributed by atoms with Crippen molar-refractivity contribution in [1.29, 1.82) is 0 Å². The molecule has 0 atom stereocenters. The van der Waals surface area contributed by atoms with Gasteiger partial charge in [-0.1, -0.05) is 6.07 Å². The number of nitrogens with one attached hydrogen (secondary N) is 1. The van der Waals surface area contributed by atoms with Gasteiger partial charge in [-0.2, -0.15) is 0 Å². The highest BCUT2D eigenvalue weighted by molar-refractivity contribution is 9.10. The monoisotopic (exact) mass is 357 g/mol. The number of furan rings is 1. The van der Waals surface area contributed by atoms with E-state index in [1.165, 1.54) is 11.1 Å². The molecule has 0 aliphatic carbocycles. The van der Waals surface area contributed by atoms with Gasteiger partial charge in [0.2, 0.25) is 0 Å². The number of halogens is 2. The van der Waals surface area contributed by atoms with E-state index in [0.717, 1.165) is 20.6 Å². The molecule has 0 spiro atoms. The summed E-state index contributed by atoms with van der Waals surface area (Å²) in [5.41, 5.74) is 3.59. The second kappa shape index (κ2) is 5.27. The molecule has 1 heterocycles. The van der Waals surface area contributed by atoms with Crippen molar-refractivity contribution < 1.29 is 4.42 Å². The van der Waals surface area contributed by atoms with Gasteiger partial charge in [-0.3, -0.25) is 0 Å². The number of aryl methyl sites for hydroxylation is 2. The molecule has 0 aliphatic heterocycles. The quantitative estimate of drug-likeness (QED) is 0.831. The average Bonchev–Trinajstić information content (AvgIpc) is 2.62. The van der Waals surface area contributed by atoms with Crippen molar-refractivity contribution in [3.05, 3.63) is 50.3 Å². The Kier molecular flexibility index (Phi) is 3.94. The first kappa shape index (κ1) is 12.7. The van der Waals surface area contributed by atoms with Crippen LogP contribution in [-0.4, -0.2) is 0 Å². The van der Waals surface area contributed by atoms with E-state index in [9.17, 15) is 0 Å². The largest absolute Gasteiger partial charge is 0.452 e. The first-order valence-electron chi connectivity index (χ1n) is 5.31. The van der Waals surface area contributed by atoms with Crippen molar-refractivity contribution in [2.45, 2.75) is 20.4 Å². The summed E-state index contributed by atoms with van der Waals surface area (Å²) < 4.78 is 7.29. The Balaban J connectivity index is 2.14. The van der Waals surface area contributed by atoms with Crippen molar-refractivity contribution in [1.82, 2.24) is 0 Å². The summed E-state index contributed by atoms with van der Waals surface area (Å²) in [5.74, 6) is 0.906. The van der Waals surface area contributed by atoms with E-state index in [4.69, 9.17) is 4.42 Å². The van der Waals surface area contributed by atoms with Crippen LogP contribution < -0.4 is 5.32 Å². The number of benzene rings is 1. The minimum Gasteiger partial charge on any atom is -0.452 e.